The fourth-order valence-corrected chi connectivity index (χ4v) is 3.94. The highest BCUT2D eigenvalue weighted by molar-refractivity contribution is 6.29. The highest BCUT2D eigenvalue weighted by Gasteiger charge is 2.41. The summed E-state index contributed by atoms with van der Waals surface area (Å²) in [5.41, 5.74) is 2.65. The van der Waals surface area contributed by atoms with Gasteiger partial charge >= 0.3 is 6.18 Å². The molecule has 0 unspecified atom stereocenters. The van der Waals surface area contributed by atoms with Gasteiger partial charge in [-0.2, -0.15) is 32.3 Å². The number of hydrogen-bond donors (Lipinski definition) is 0. The van der Waals surface area contributed by atoms with E-state index in [4.69, 9.17) is 11.6 Å². The van der Waals surface area contributed by atoms with Crippen LogP contribution in [0.15, 0.2) is 36.7 Å². The van der Waals surface area contributed by atoms with Crippen LogP contribution in [0, 0.1) is 5.95 Å². The summed E-state index contributed by atoms with van der Waals surface area (Å²) in [7, 11) is 0. The number of benzene rings is 1. The first kappa shape index (κ1) is 17.4. The molecule has 0 bridgehead atoms. The topological polar surface area (TPSA) is 48.0 Å². The van der Waals surface area contributed by atoms with Crippen molar-refractivity contribution >= 4 is 28.2 Å². The Morgan fingerprint density at radius 2 is 1.96 bits per heavy atom. The Bertz CT molecular complexity index is 1210. The van der Waals surface area contributed by atoms with Crippen LogP contribution in [-0.2, 0) is 6.54 Å². The van der Waals surface area contributed by atoms with Crippen molar-refractivity contribution in [2.75, 3.05) is 0 Å². The normalized spacial score (nSPS) is 19.6. The van der Waals surface area contributed by atoms with Gasteiger partial charge in [0.1, 0.15) is 6.54 Å². The Hall–Kier alpha value is -2.68. The Labute approximate surface area is 160 Å². The number of aromatic nitrogens is 5. The molecule has 1 aliphatic carbocycles. The number of fused-ring (bicyclic) bond motifs is 2. The standard InChI is InChI=1S/C18H12ClF4N5/c19-15-5-13(17-24-7-16(20)28(17)26-15)12-4-11(12)9-1-2-14-10(3-9)6-25-27(14)8-18(21,22)23/h1-3,5-7,11-12H,4,8H2/t11-,12+/m1/s1. The number of rotatable bonds is 3. The largest absolute Gasteiger partial charge is 0.408 e. The van der Waals surface area contributed by atoms with E-state index < -0.39 is 18.7 Å². The average Bonchev–Trinajstić information content (AvgIpc) is 3.22. The van der Waals surface area contributed by atoms with Crippen LogP contribution in [0.5, 0.6) is 0 Å². The van der Waals surface area contributed by atoms with Gasteiger partial charge in [-0.25, -0.2) is 4.98 Å². The summed E-state index contributed by atoms with van der Waals surface area (Å²) < 4.78 is 53.8. The number of alkyl halides is 3. The Morgan fingerprint density at radius 1 is 1.14 bits per heavy atom. The lowest BCUT2D eigenvalue weighted by Gasteiger charge is -2.08. The molecule has 5 nitrogen and oxygen atoms in total. The maximum atomic E-state index is 13.8. The van der Waals surface area contributed by atoms with Crippen LogP contribution in [0.1, 0.15) is 29.4 Å². The molecule has 4 aromatic rings. The molecule has 0 radical (unpaired) electrons. The lowest BCUT2D eigenvalue weighted by atomic mass is 10.0. The SMILES string of the molecule is Fc1cnc2c([C@H]3C[C@@H]3c3ccc4c(cnn4CC(F)(F)F)c3)cc(Cl)nn12. The molecule has 0 spiro atoms. The van der Waals surface area contributed by atoms with Crippen molar-refractivity contribution in [3.63, 3.8) is 0 Å². The summed E-state index contributed by atoms with van der Waals surface area (Å²) in [6, 6.07) is 7.01. The molecule has 1 fully saturated rings. The minimum Gasteiger partial charge on any atom is -0.256 e. The van der Waals surface area contributed by atoms with Crippen LogP contribution in [0.2, 0.25) is 5.15 Å². The third-order valence-corrected chi connectivity index (χ3v) is 5.22. The average molecular weight is 410 g/mol. The minimum absolute atomic E-state index is 0.0903. The second kappa shape index (κ2) is 5.91. The van der Waals surface area contributed by atoms with Gasteiger partial charge in [0.15, 0.2) is 10.8 Å². The fraction of sp³-hybridized carbons (Fsp3) is 0.278. The molecule has 3 heterocycles. The van der Waals surface area contributed by atoms with Gasteiger partial charge in [0.25, 0.3) is 0 Å². The van der Waals surface area contributed by atoms with Crippen molar-refractivity contribution in [2.24, 2.45) is 0 Å². The van der Waals surface area contributed by atoms with Gasteiger partial charge in [-0.05, 0) is 42.0 Å². The van der Waals surface area contributed by atoms with Gasteiger partial charge in [-0.3, -0.25) is 4.68 Å². The van der Waals surface area contributed by atoms with E-state index in [0.29, 0.717) is 16.6 Å². The number of nitrogens with zero attached hydrogens (tertiary/aromatic N) is 5. The first-order valence-electron chi connectivity index (χ1n) is 8.52. The summed E-state index contributed by atoms with van der Waals surface area (Å²) in [6.45, 7) is -1.12. The van der Waals surface area contributed by atoms with E-state index in [1.807, 2.05) is 12.1 Å². The van der Waals surface area contributed by atoms with Crippen molar-refractivity contribution in [1.29, 1.82) is 0 Å². The van der Waals surface area contributed by atoms with E-state index in [1.165, 1.54) is 6.20 Å². The molecule has 10 heteroatoms. The van der Waals surface area contributed by atoms with Gasteiger partial charge in [0.05, 0.1) is 17.9 Å². The van der Waals surface area contributed by atoms with Crippen LogP contribution in [0.4, 0.5) is 17.6 Å². The van der Waals surface area contributed by atoms with E-state index in [0.717, 1.165) is 32.9 Å². The second-order valence-corrected chi connectivity index (χ2v) is 7.31. The van der Waals surface area contributed by atoms with E-state index in [1.54, 1.807) is 12.1 Å². The lowest BCUT2D eigenvalue weighted by molar-refractivity contribution is -0.141. The third-order valence-electron chi connectivity index (χ3n) is 5.04. The zero-order valence-electron chi connectivity index (χ0n) is 14.2. The lowest BCUT2D eigenvalue weighted by Crippen LogP contribution is -2.18. The van der Waals surface area contributed by atoms with Crippen LogP contribution in [-0.4, -0.2) is 30.6 Å². The van der Waals surface area contributed by atoms with Gasteiger partial charge in [0.2, 0.25) is 5.95 Å². The predicted octanol–water partition coefficient (Wildman–Crippen LogP) is 4.70. The Morgan fingerprint density at radius 3 is 2.75 bits per heavy atom. The summed E-state index contributed by atoms with van der Waals surface area (Å²) in [5.74, 6) is -0.348. The predicted molar refractivity (Wildman–Crippen MR) is 93.8 cm³/mol. The number of imidazole rings is 1. The molecule has 144 valence electrons. The van der Waals surface area contributed by atoms with Gasteiger partial charge in [-0.1, -0.05) is 17.7 Å². The van der Waals surface area contributed by atoms with Crippen LogP contribution in [0.25, 0.3) is 16.6 Å². The quantitative estimate of drug-likeness (QED) is 0.461. The highest BCUT2D eigenvalue weighted by Crippen LogP contribution is 2.55. The zero-order chi connectivity index (χ0) is 19.6. The summed E-state index contributed by atoms with van der Waals surface area (Å²) in [4.78, 5) is 4.08. The zero-order valence-corrected chi connectivity index (χ0v) is 14.9. The van der Waals surface area contributed by atoms with E-state index in [-0.39, 0.29) is 17.0 Å². The van der Waals surface area contributed by atoms with Crippen molar-refractivity contribution in [1.82, 2.24) is 24.4 Å². The van der Waals surface area contributed by atoms with Crippen molar-refractivity contribution in [3.8, 4) is 0 Å². The van der Waals surface area contributed by atoms with Crippen molar-refractivity contribution < 1.29 is 17.6 Å². The maximum Gasteiger partial charge on any atom is 0.408 e. The van der Waals surface area contributed by atoms with Gasteiger partial charge < -0.3 is 0 Å². The molecule has 28 heavy (non-hydrogen) atoms. The first-order valence-corrected chi connectivity index (χ1v) is 8.90. The molecule has 0 N–H and O–H groups in total. The minimum atomic E-state index is -4.33. The van der Waals surface area contributed by atoms with Crippen molar-refractivity contribution in [3.05, 3.63) is 58.9 Å². The van der Waals surface area contributed by atoms with E-state index in [9.17, 15) is 17.6 Å². The second-order valence-electron chi connectivity index (χ2n) is 6.92. The monoisotopic (exact) mass is 409 g/mol. The molecule has 0 amide bonds. The van der Waals surface area contributed by atoms with Crippen LogP contribution < -0.4 is 0 Å². The molecular weight excluding hydrogens is 398 g/mol. The van der Waals surface area contributed by atoms with E-state index in [2.05, 4.69) is 15.2 Å². The summed E-state index contributed by atoms with van der Waals surface area (Å²) in [6.07, 6.45) is -0.981. The smallest absolute Gasteiger partial charge is 0.256 e. The Kier molecular flexibility index (Phi) is 3.67. The molecule has 1 aromatic carbocycles. The molecular formula is C18H12ClF4N5. The Balaban J connectivity index is 1.47. The third kappa shape index (κ3) is 2.90. The van der Waals surface area contributed by atoms with Crippen LogP contribution in [0.3, 0.4) is 0 Å². The molecule has 5 rings (SSSR count). The highest BCUT2D eigenvalue weighted by atomic mass is 35.5. The van der Waals surface area contributed by atoms with E-state index >= 15 is 0 Å². The summed E-state index contributed by atoms with van der Waals surface area (Å²) in [5, 5.41) is 8.59. The van der Waals surface area contributed by atoms with Crippen LogP contribution >= 0.6 is 11.6 Å². The molecule has 1 aliphatic rings. The number of hydrogen-bond acceptors (Lipinski definition) is 3. The molecule has 0 saturated heterocycles. The fourth-order valence-electron chi connectivity index (χ4n) is 3.75. The van der Waals surface area contributed by atoms with Gasteiger partial charge in [0, 0.05) is 10.9 Å². The number of halogens is 5. The molecule has 0 aliphatic heterocycles. The molecule has 2 atom stereocenters. The first-order chi connectivity index (χ1) is 13.3. The van der Waals surface area contributed by atoms with Gasteiger partial charge in [-0.15, -0.1) is 0 Å². The maximum absolute atomic E-state index is 13.8. The summed E-state index contributed by atoms with van der Waals surface area (Å²) >= 11 is 6.02. The molecule has 3 aromatic heterocycles. The van der Waals surface area contributed by atoms with Crippen molar-refractivity contribution in [2.45, 2.75) is 31.0 Å². The molecule has 1 saturated carbocycles.